The number of hydrogen-bond acceptors (Lipinski definition) is 4. The molecule has 3 aromatic rings. The van der Waals surface area contributed by atoms with Crippen molar-refractivity contribution >= 4 is 44.2 Å². The number of nitriles is 1. The summed E-state index contributed by atoms with van der Waals surface area (Å²) in [6.07, 6.45) is 0. The molecule has 0 bridgehead atoms. The van der Waals surface area contributed by atoms with Gasteiger partial charge in [0.25, 0.3) is 0 Å². The molecule has 0 saturated heterocycles. The molecule has 3 aromatic carbocycles. The van der Waals surface area contributed by atoms with Gasteiger partial charge in [0.05, 0.1) is 29.9 Å². The fourth-order valence-corrected chi connectivity index (χ4v) is 4.25. The third-order valence-electron chi connectivity index (χ3n) is 4.89. The lowest BCUT2D eigenvalue weighted by Crippen LogP contribution is -2.23. The number of anilines is 1. The van der Waals surface area contributed by atoms with E-state index in [0.29, 0.717) is 18.7 Å². The van der Waals surface area contributed by atoms with Gasteiger partial charge in [-0.15, -0.1) is 0 Å². The monoisotopic (exact) mass is 576 g/mol. The van der Waals surface area contributed by atoms with Gasteiger partial charge in [0.2, 0.25) is 0 Å². The first-order valence-corrected chi connectivity index (χ1v) is 11.2. The largest absolute Gasteiger partial charge is 0.497 e. The minimum atomic E-state index is 0.645. The van der Waals surface area contributed by atoms with Crippen LogP contribution in [-0.2, 0) is 13.1 Å². The van der Waals surface area contributed by atoms with E-state index in [1.54, 1.807) is 14.2 Å². The summed E-state index contributed by atoms with van der Waals surface area (Å²) in [6.45, 7) is 3.39. The van der Waals surface area contributed by atoms with Gasteiger partial charge in [-0.25, -0.2) is 0 Å². The van der Waals surface area contributed by atoms with Crippen molar-refractivity contribution in [3.63, 3.8) is 0 Å². The summed E-state index contributed by atoms with van der Waals surface area (Å²) in [5.41, 5.74) is 4.97. The van der Waals surface area contributed by atoms with Crippen LogP contribution in [0.1, 0.15) is 22.3 Å². The van der Waals surface area contributed by atoms with Crippen molar-refractivity contribution in [3.05, 3.63) is 84.9 Å². The van der Waals surface area contributed by atoms with Crippen LogP contribution in [0.4, 0.5) is 5.69 Å². The number of hydrogen-bond donors (Lipinski definition) is 0. The van der Waals surface area contributed by atoms with Gasteiger partial charge < -0.3 is 14.4 Å². The normalized spacial score (nSPS) is 10.4. The number of rotatable bonds is 7. The SMILES string of the molecule is COc1ccc(CN(Cc2ccc(OC)cc2)c2cc(C)c(I)c(Br)c2C#N)cc1. The maximum absolute atomic E-state index is 9.89. The minimum absolute atomic E-state index is 0.645. The van der Waals surface area contributed by atoms with E-state index < -0.39 is 0 Å². The second-order valence-corrected chi connectivity index (χ2v) is 8.75. The van der Waals surface area contributed by atoms with E-state index in [-0.39, 0.29) is 0 Å². The molecule has 0 aliphatic rings. The van der Waals surface area contributed by atoms with Gasteiger partial charge in [-0.3, -0.25) is 0 Å². The van der Waals surface area contributed by atoms with Crippen LogP contribution in [0.25, 0.3) is 0 Å². The molecule has 0 amide bonds. The highest BCUT2D eigenvalue weighted by Crippen LogP contribution is 2.35. The van der Waals surface area contributed by atoms with Gasteiger partial charge in [-0.05, 0) is 92.5 Å². The molecule has 0 heterocycles. The lowest BCUT2D eigenvalue weighted by Gasteiger charge is -2.27. The number of nitrogens with zero attached hydrogens (tertiary/aromatic N) is 2. The van der Waals surface area contributed by atoms with Crippen molar-refractivity contribution < 1.29 is 9.47 Å². The molecule has 0 spiro atoms. The van der Waals surface area contributed by atoms with Crippen LogP contribution in [0.3, 0.4) is 0 Å². The Hall–Kier alpha value is -2.24. The van der Waals surface area contributed by atoms with Gasteiger partial charge in [0, 0.05) is 16.7 Å². The molecular weight excluding hydrogens is 555 g/mol. The first-order valence-electron chi connectivity index (χ1n) is 9.36. The van der Waals surface area contributed by atoms with Crippen LogP contribution >= 0.6 is 38.5 Å². The van der Waals surface area contributed by atoms with Crippen LogP contribution in [0.2, 0.25) is 0 Å². The van der Waals surface area contributed by atoms with Crippen LogP contribution in [-0.4, -0.2) is 14.2 Å². The fraction of sp³-hybridized carbons (Fsp3) is 0.208. The smallest absolute Gasteiger partial charge is 0.118 e. The molecule has 30 heavy (non-hydrogen) atoms. The van der Waals surface area contributed by atoms with E-state index in [9.17, 15) is 5.26 Å². The molecule has 0 aliphatic heterocycles. The Bertz CT molecular complexity index is 1010. The van der Waals surface area contributed by atoms with Crippen molar-refractivity contribution in [2.45, 2.75) is 20.0 Å². The molecule has 4 nitrogen and oxygen atoms in total. The predicted octanol–water partition coefficient (Wildman–Crippen LogP) is 6.46. The zero-order chi connectivity index (χ0) is 21.7. The van der Waals surface area contributed by atoms with Crippen molar-refractivity contribution in [1.82, 2.24) is 0 Å². The second-order valence-electron chi connectivity index (χ2n) is 6.88. The van der Waals surface area contributed by atoms with E-state index in [0.717, 1.165) is 41.9 Å². The molecule has 154 valence electrons. The van der Waals surface area contributed by atoms with Crippen LogP contribution in [0.15, 0.2) is 59.1 Å². The van der Waals surface area contributed by atoms with Crippen molar-refractivity contribution in [2.75, 3.05) is 19.1 Å². The number of aryl methyl sites for hydroxylation is 1. The van der Waals surface area contributed by atoms with E-state index in [2.05, 4.69) is 86.7 Å². The number of methoxy groups -OCH3 is 2. The zero-order valence-corrected chi connectivity index (χ0v) is 20.8. The predicted molar refractivity (Wildman–Crippen MR) is 132 cm³/mol. The highest BCUT2D eigenvalue weighted by Gasteiger charge is 2.19. The lowest BCUT2D eigenvalue weighted by molar-refractivity contribution is 0.414. The van der Waals surface area contributed by atoms with Gasteiger partial charge in [-0.1, -0.05) is 24.3 Å². The summed E-state index contributed by atoms with van der Waals surface area (Å²) >= 11 is 5.91. The standard InChI is InChI=1S/C24H22BrIN2O2/c1-16-12-22(21(13-27)23(25)24(16)26)28(14-17-4-8-19(29-2)9-5-17)15-18-6-10-20(30-3)11-7-18/h4-12H,14-15H2,1-3H3. The first-order chi connectivity index (χ1) is 14.5. The molecule has 0 unspecified atom stereocenters. The third kappa shape index (κ3) is 5.08. The molecule has 3 rings (SSSR count). The molecular formula is C24H22BrIN2O2. The molecule has 0 aliphatic carbocycles. The third-order valence-corrected chi connectivity index (χ3v) is 7.81. The maximum atomic E-state index is 9.89. The summed E-state index contributed by atoms with van der Waals surface area (Å²) in [7, 11) is 3.33. The van der Waals surface area contributed by atoms with E-state index in [4.69, 9.17) is 9.47 Å². The number of halogens is 2. The zero-order valence-electron chi connectivity index (χ0n) is 17.1. The van der Waals surface area contributed by atoms with Crippen LogP contribution in [0, 0.1) is 21.8 Å². The van der Waals surface area contributed by atoms with E-state index >= 15 is 0 Å². The summed E-state index contributed by atoms with van der Waals surface area (Å²) in [4.78, 5) is 2.23. The molecule has 0 atom stereocenters. The first kappa shape index (κ1) is 22.4. The Morgan fingerprint density at radius 2 is 1.40 bits per heavy atom. The highest BCUT2D eigenvalue weighted by molar-refractivity contribution is 14.1. The Balaban J connectivity index is 2.03. The summed E-state index contributed by atoms with van der Waals surface area (Å²) in [5.74, 6) is 1.65. The Morgan fingerprint density at radius 3 is 1.80 bits per heavy atom. The molecule has 6 heteroatoms. The quantitative estimate of drug-likeness (QED) is 0.303. The summed E-state index contributed by atoms with van der Waals surface area (Å²) in [5, 5.41) is 9.89. The van der Waals surface area contributed by atoms with Gasteiger partial charge >= 0.3 is 0 Å². The highest BCUT2D eigenvalue weighted by atomic mass is 127. The Morgan fingerprint density at radius 1 is 0.933 bits per heavy atom. The lowest BCUT2D eigenvalue weighted by atomic mass is 10.1. The summed E-state index contributed by atoms with van der Waals surface area (Å²) in [6, 6.07) is 20.5. The van der Waals surface area contributed by atoms with Crippen molar-refractivity contribution in [1.29, 1.82) is 5.26 Å². The number of benzene rings is 3. The van der Waals surface area contributed by atoms with Crippen LogP contribution in [0.5, 0.6) is 11.5 Å². The van der Waals surface area contributed by atoms with Crippen LogP contribution < -0.4 is 14.4 Å². The fourth-order valence-electron chi connectivity index (χ4n) is 3.22. The summed E-state index contributed by atoms with van der Waals surface area (Å²) < 4.78 is 12.5. The molecule has 0 saturated carbocycles. The average molecular weight is 577 g/mol. The van der Waals surface area contributed by atoms with Gasteiger partial charge in [0.1, 0.15) is 17.6 Å². The van der Waals surface area contributed by atoms with E-state index in [1.165, 1.54) is 0 Å². The minimum Gasteiger partial charge on any atom is -0.497 e. The van der Waals surface area contributed by atoms with Crippen molar-refractivity contribution in [2.24, 2.45) is 0 Å². The topological polar surface area (TPSA) is 45.5 Å². The van der Waals surface area contributed by atoms with Gasteiger partial charge in [-0.2, -0.15) is 5.26 Å². The average Bonchev–Trinajstić information content (AvgIpc) is 2.78. The van der Waals surface area contributed by atoms with Gasteiger partial charge in [0.15, 0.2) is 0 Å². The molecule has 0 N–H and O–H groups in total. The van der Waals surface area contributed by atoms with Crippen molar-refractivity contribution in [3.8, 4) is 17.6 Å². The number of ether oxygens (including phenoxy) is 2. The molecule has 0 radical (unpaired) electrons. The Kier molecular flexibility index (Phi) is 7.62. The second kappa shape index (κ2) is 10.2. The maximum Gasteiger partial charge on any atom is 0.118 e. The molecule has 0 fully saturated rings. The van der Waals surface area contributed by atoms with E-state index in [1.807, 2.05) is 24.3 Å². The molecule has 0 aromatic heterocycles. The Labute approximate surface area is 199 Å².